The molecule has 0 saturated heterocycles. The van der Waals surface area contributed by atoms with Gasteiger partial charge in [0.15, 0.2) is 5.78 Å². The second-order valence-electron chi connectivity index (χ2n) is 8.98. The van der Waals surface area contributed by atoms with Gasteiger partial charge in [-0.3, -0.25) is 4.79 Å². The van der Waals surface area contributed by atoms with E-state index in [0.717, 1.165) is 30.4 Å². The molecular formula is C32H29NO. The quantitative estimate of drug-likeness (QED) is 0.538. The summed E-state index contributed by atoms with van der Waals surface area (Å²) in [7, 11) is 0. The monoisotopic (exact) mass is 443 g/mol. The van der Waals surface area contributed by atoms with Crippen molar-refractivity contribution in [2.45, 2.75) is 26.2 Å². The second kappa shape index (κ2) is 9.93. The minimum atomic E-state index is -0.0311. The topological polar surface area (TPSA) is 29.1 Å². The van der Waals surface area contributed by atoms with Gasteiger partial charge in [0, 0.05) is 23.9 Å². The van der Waals surface area contributed by atoms with Crippen LogP contribution in [0, 0.1) is 12.8 Å². The molecule has 2 nitrogen and oxygen atoms in total. The zero-order valence-corrected chi connectivity index (χ0v) is 19.5. The molecule has 0 saturated carbocycles. The standard InChI is InChI=1S/C26H22O.C6H7N/c1-17-5-4-7-20(15-17)26(27)21-10-9-19-12-13-23-22-8-3-2-6-18(22)11-14-24(23)25(19)16-21;1-2-4-6-7-5-3-1/h2-8,12-16,21H,9-11H2,1H3;1-7H. The van der Waals surface area contributed by atoms with Gasteiger partial charge >= 0.3 is 0 Å². The summed E-state index contributed by atoms with van der Waals surface area (Å²) in [5.74, 6) is 0.217. The van der Waals surface area contributed by atoms with Crippen molar-refractivity contribution in [2.24, 2.45) is 5.92 Å². The highest BCUT2D eigenvalue weighted by Gasteiger charge is 2.23. The summed E-state index contributed by atoms with van der Waals surface area (Å²) in [6.07, 6.45) is 19.0. The Morgan fingerprint density at radius 3 is 2.47 bits per heavy atom. The summed E-state index contributed by atoms with van der Waals surface area (Å²) in [5.41, 5.74) is 7.36. The van der Waals surface area contributed by atoms with Crippen LogP contribution >= 0.6 is 0 Å². The predicted molar refractivity (Wildman–Crippen MR) is 142 cm³/mol. The molecule has 3 aliphatic rings. The Balaban J connectivity index is 0.000000297. The summed E-state index contributed by atoms with van der Waals surface area (Å²) in [5, 5.41) is 5.51. The van der Waals surface area contributed by atoms with E-state index in [1.807, 2.05) is 67.9 Å². The van der Waals surface area contributed by atoms with E-state index in [1.54, 1.807) is 0 Å². The van der Waals surface area contributed by atoms with E-state index in [2.05, 4.69) is 53.9 Å². The van der Waals surface area contributed by atoms with Crippen LogP contribution in [0.2, 0.25) is 0 Å². The third-order valence-corrected chi connectivity index (χ3v) is 6.66. The van der Waals surface area contributed by atoms with Crippen molar-refractivity contribution < 1.29 is 4.79 Å². The Morgan fingerprint density at radius 1 is 0.824 bits per heavy atom. The van der Waals surface area contributed by atoms with Gasteiger partial charge < -0.3 is 5.32 Å². The van der Waals surface area contributed by atoms with Crippen molar-refractivity contribution in [1.29, 1.82) is 0 Å². The van der Waals surface area contributed by atoms with E-state index in [9.17, 15) is 4.79 Å². The van der Waals surface area contributed by atoms with Crippen molar-refractivity contribution >= 4 is 17.9 Å². The smallest absolute Gasteiger partial charge is 0.169 e. The SMILES string of the molecule is C1=CC=CNC=C1.Cc1cccc(C(=O)C2C=c3c(ccc4c3=CCc3ccccc3-4)CC2)c1. The number of benzene rings is 3. The van der Waals surface area contributed by atoms with Crippen LogP contribution in [0.25, 0.3) is 23.3 Å². The number of rotatable bonds is 2. The molecular weight excluding hydrogens is 414 g/mol. The molecule has 1 atom stereocenters. The summed E-state index contributed by atoms with van der Waals surface area (Å²) in [6, 6.07) is 21.1. The Labute approximate surface area is 201 Å². The Hall–Kier alpha value is -3.91. The molecule has 0 bridgehead atoms. The molecule has 1 aliphatic heterocycles. The first kappa shape index (κ1) is 21.9. The van der Waals surface area contributed by atoms with Gasteiger partial charge in [0.25, 0.3) is 0 Å². The third-order valence-electron chi connectivity index (χ3n) is 6.66. The molecule has 3 aromatic rings. The first-order chi connectivity index (χ1) is 16.7. The van der Waals surface area contributed by atoms with E-state index in [1.165, 1.54) is 32.7 Å². The van der Waals surface area contributed by atoms with Gasteiger partial charge in [-0.15, -0.1) is 0 Å². The number of carbonyl (C=O) groups is 1. The lowest BCUT2D eigenvalue weighted by Crippen LogP contribution is -2.37. The Bertz CT molecular complexity index is 1420. The van der Waals surface area contributed by atoms with Gasteiger partial charge in [-0.1, -0.05) is 84.5 Å². The average molecular weight is 444 g/mol. The molecule has 6 rings (SSSR count). The Kier molecular flexibility index (Phi) is 6.40. The van der Waals surface area contributed by atoms with Gasteiger partial charge in [-0.2, -0.15) is 0 Å². The minimum Gasteiger partial charge on any atom is -0.368 e. The number of hydrogen-bond acceptors (Lipinski definition) is 2. The fourth-order valence-electron chi connectivity index (χ4n) is 4.95. The lowest BCUT2D eigenvalue weighted by molar-refractivity contribution is 0.0946. The van der Waals surface area contributed by atoms with E-state index < -0.39 is 0 Å². The van der Waals surface area contributed by atoms with Crippen molar-refractivity contribution in [3.8, 4) is 11.1 Å². The van der Waals surface area contributed by atoms with Crippen molar-refractivity contribution in [3.63, 3.8) is 0 Å². The number of nitrogens with one attached hydrogen (secondary N) is 1. The van der Waals surface area contributed by atoms with Crippen LogP contribution in [0.5, 0.6) is 0 Å². The highest BCUT2D eigenvalue weighted by atomic mass is 16.1. The number of fused-ring (bicyclic) bond motifs is 5. The number of allylic oxidation sites excluding steroid dienone is 4. The molecule has 2 heteroatoms. The minimum absolute atomic E-state index is 0.0311. The molecule has 1 heterocycles. The first-order valence-electron chi connectivity index (χ1n) is 12.0. The van der Waals surface area contributed by atoms with E-state index in [-0.39, 0.29) is 11.7 Å². The van der Waals surface area contributed by atoms with Gasteiger partial charge in [0.2, 0.25) is 0 Å². The van der Waals surface area contributed by atoms with Gasteiger partial charge in [0.1, 0.15) is 0 Å². The maximum atomic E-state index is 13.1. The molecule has 0 spiro atoms. The number of Topliss-reactive ketones (excluding diaryl/α,β-unsaturated/α-hetero) is 1. The Morgan fingerprint density at radius 2 is 1.65 bits per heavy atom. The van der Waals surface area contributed by atoms with Gasteiger partial charge in [0.05, 0.1) is 0 Å². The van der Waals surface area contributed by atoms with E-state index in [4.69, 9.17) is 0 Å². The normalized spacial score (nSPS) is 16.8. The van der Waals surface area contributed by atoms with Crippen LogP contribution in [0.3, 0.4) is 0 Å². The number of aryl methyl sites for hydroxylation is 2. The highest BCUT2D eigenvalue weighted by molar-refractivity contribution is 6.01. The summed E-state index contributed by atoms with van der Waals surface area (Å²) < 4.78 is 0. The fraction of sp³-hybridized carbons (Fsp3) is 0.156. The van der Waals surface area contributed by atoms with Crippen LogP contribution in [0.15, 0.2) is 97.4 Å². The molecule has 2 aliphatic carbocycles. The first-order valence-corrected chi connectivity index (χ1v) is 12.0. The lowest BCUT2D eigenvalue weighted by atomic mass is 9.82. The maximum Gasteiger partial charge on any atom is 0.169 e. The van der Waals surface area contributed by atoms with Gasteiger partial charge in [-0.25, -0.2) is 0 Å². The molecule has 34 heavy (non-hydrogen) atoms. The average Bonchev–Trinajstić information content (AvgIpc) is 3.21. The lowest BCUT2D eigenvalue weighted by Gasteiger charge is -2.21. The highest BCUT2D eigenvalue weighted by Crippen LogP contribution is 2.26. The summed E-state index contributed by atoms with van der Waals surface area (Å²) in [6.45, 7) is 2.04. The molecule has 168 valence electrons. The molecule has 0 fully saturated rings. The van der Waals surface area contributed by atoms with Crippen LogP contribution in [0.1, 0.15) is 33.5 Å². The molecule has 3 aromatic carbocycles. The van der Waals surface area contributed by atoms with Crippen LogP contribution in [-0.2, 0) is 12.8 Å². The number of carbonyl (C=O) groups excluding carboxylic acids is 1. The predicted octanol–water partition coefficient (Wildman–Crippen LogP) is 5.40. The zero-order valence-electron chi connectivity index (χ0n) is 19.5. The maximum absolute atomic E-state index is 13.1. The van der Waals surface area contributed by atoms with E-state index >= 15 is 0 Å². The second-order valence-corrected chi connectivity index (χ2v) is 8.98. The zero-order chi connectivity index (χ0) is 23.3. The van der Waals surface area contributed by atoms with Crippen LogP contribution in [0.4, 0.5) is 0 Å². The van der Waals surface area contributed by atoms with Crippen molar-refractivity contribution in [3.05, 3.63) is 130 Å². The fourth-order valence-corrected chi connectivity index (χ4v) is 4.95. The summed E-state index contributed by atoms with van der Waals surface area (Å²) in [4.78, 5) is 13.1. The van der Waals surface area contributed by atoms with Gasteiger partial charge in [-0.05, 0) is 77.1 Å². The largest absolute Gasteiger partial charge is 0.368 e. The molecule has 0 radical (unpaired) electrons. The molecule has 0 amide bonds. The molecule has 1 N–H and O–H groups in total. The third kappa shape index (κ3) is 4.58. The number of ketones is 1. The van der Waals surface area contributed by atoms with Crippen LogP contribution in [-0.4, -0.2) is 5.78 Å². The summed E-state index contributed by atoms with van der Waals surface area (Å²) >= 11 is 0. The number of hydrogen-bond donors (Lipinski definition) is 1. The molecule has 1 unspecified atom stereocenters. The van der Waals surface area contributed by atoms with Crippen molar-refractivity contribution in [1.82, 2.24) is 5.32 Å². The molecule has 0 aromatic heterocycles. The van der Waals surface area contributed by atoms with E-state index in [0.29, 0.717) is 0 Å². The van der Waals surface area contributed by atoms with Crippen LogP contribution < -0.4 is 15.8 Å². The van der Waals surface area contributed by atoms with Crippen molar-refractivity contribution in [2.75, 3.05) is 0 Å².